The minimum Gasteiger partial charge on any atom is -0.291 e. The molecule has 1 atom stereocenters. The lowest BCUT2D eigenvalue weighted by Gasteiger charge is -2.09. The normalized spacial score (nSPS) is 13.0. The van der Waals surface area contributed by atoms with Crippen molar-refractivity contribution in [1.29, 1.82) is 0 Å². The number of hydrogen-bond donors (Lipinski definition) is 0. The number of rotatable bonds is 3. The molecular weight excluding hydrogens is 291 g/mol. The molecule has 0 saturated carbocycles. The van der Waals surface area contributed by atoms with Crippen molar-refractivity contribution in [3.8, 4) is 5.69 Å². The van der Waals surface area contributed by atoms with Crippen molar-refractivity contribution in [3.05, 3.63) is 41.7 Å². The summed E-state index contributed by atoms with van der Waals surface area (Å²) in [6.07, 6.45) is 2.69. The van der Waals surface area contributed by atoms with Crippen LogP contribution in [0.25, 0.3) is 16.7 Å². The van der Waals surface area contributed by atoms with Crippen LogP contribution in [0, 0.1) is 5.82 Å². The molecule has 0 fully saturated rings. The van der Waals surface area contributed by atoms with Crippen LogP contribution in [-0.4, -0.2) is 19.3 Å². The first kappa shape index (κ1) is 14.1. The van der Waals surface area contributed by atoms with E-state index in [1.54, 1.807) is 10.7 Å². The molecule has 2 heterocycles. The number of imidazole rings is 1. The van der Waals surface area contributed by atoms with Gasteiger partial charge in [-0.25, -0.2) is 9.37 Å². The fourth-order valence-corrected chi connectivity index (χ4v) is 2.69. The highest BCUT2D eigenvalue weighted by atomic mass is 35.5. The first-order valence-corrected chi connectivity index (χ1v) is 7.29. The second-order valence-electron chi connectivity index (χ2n) is 5.04. The van der Waals surface area contributed by atoms with E-state index < -0.39 is 0 Å². The SMILES string of the molecule is CCc1nn(C)cc1-n1c(C(C)Cl)nc2ccc(F)cc21. The molecule has 2 aromatic heterocycles. The Morgan fingerprint density at radius 2 is 2.14 bits per heavy atom. The first-order chi connectivity index (χ1) is 10.0. The second kappa shape index (κ2) is 5.15. The van der Waals surface area contributed by atoms with Gasteiger partial charge in [0.05, 0.1) is 27.8 Å². The quantitative estimate of drug-likeness (QED) is 0.691. The number of benzene rings is 1. The van der Waals surface area contributed by atoms with Gasteiger partial charge in [0, 0.05) is 19.3 Å². The summed E-state index contributed by atoms with van der Waals surface area (Å²) in [6, 6.07) is 4.57. The topological polar surface area (TPSA) is 35.6 Å². The molecule has 3 aromatic rings. The summed E-state index contributed by atoms with van der Waals surface area (Å²) in [6.45, 7) is 3.90. The molecule has 1 unspecified atom stereocenters. The average molecular weight is 307 g/mol. The molecule has 110 valence electrons. The number of hydrogen-bond acceptors (Lipinski definition) is 2. The highest BCUT2D eigenvalue weighted by Crippen LogP contribution is 2.29. The van der Waals surface area contributed by atoms with Crippen molar-refractivity contribution in [2.24, 2.45) is 7.05 Å². The molecule has 0 aliphatic rings. The lowest BCUT2D eigenvalue weighted by Crippen LogP contribution is -2.03. The summed E-state index contributed by atoms with van der Waals surface area (Å²) >= 11 is 6.27. The van der Waals surface area contributed by atoms with Crippen LogP contribution in [0.1, 0.15) is 30.7 Å². The fourth-order valence-electron chi connectivity index (χ4n) is 2.55. The molecule has 0 radical (unpaired) electrons. The third-order valence-corrected chi connectivity index (χ3v) is 3.65. The second-order valence-corrected chi connectivity index (χ2v) is 5.70. The largest absolute Gasteiger partial charge is 0.291 e. The Labute approximate surface area is 127 Å². The van der Waals surface area contributed by atoms with E-state index in [0.29, 0.717) is 11.3 Å². The van der Waals surface area contributed by atoms with Gasteiger partial charge in [-0.05, 0) is 25.5 Å². The van der Waals surface area contributed by atoms with E-state index in [2.05, 4.69) is 10.1 Å². The van der Waals surface area contributed by atoms with Crippen molar-refractivity contribution < 1.29 is 4.39 Å². The zero-order valence-corrected chi connectivity index (χ0v) is 12.9. The lowest BCUT2D eigenvalue weighted by molar-refractivity contribution is 0.629. The minimum atomic E-state index is -0.292. The lowest BCUT2D eigenvalue weighted by atomic mass is 10.2. The van der Waals surface area contributed by atoms with Crippen molar-refractivity contribution >= 4 is 22.6 Å². The molecular formula is C15H16ClFN4. The third kappa shape index (κ3) is 2.31. The van der Waals surface area contributed by atoms with Gasteiger partial charge in [0.15, 0.2) is 0 Å². The monoisotopic (exact) mass is 306 g/mol. The van der Waals surface area contributed by atoms with Crippen molar-refractivity contribution in [2.45, 2.75) is 25.6 Å². The Hall–Kier alpha value is -1.88. The predicted octanol–water partition coefficient (Wildman–Crippen LogP) is 3.76. The molecule has 0 aliphatic carbocycles. The van der Waals surface area contributed by atoms with E-state index in [9.17, 15) is 4.39 Å². The number of nitrogens with zero attached hydrogens (tertiary/aromatic N) is 4. The molecule has 4 nitrogen and oxygen atoms in total. The molecule has 1 aromatic carbocycles. The Morgan fingerprint density at radius 3 is 2.81 bits per heavy atom. The summed E-state index contributed by atoms with van der Waals surface area (Å²) in [5.41, 5.74) is 3.26. The summed E-state index contributed by atoms with van der Waals surface area (Å²) in [4.78, 5) is 4.54. The van der Waals surface area contributed by atoms with Crippen LogP contribution in [0.15, 0.2) is 24.4 Å². The molecule has 21 heavy (non-hydrogen) atoms. The summed E-state index contributed by atoms with van der Waals surface area (Å²) < 4.78 is 17.3. The number of halogens is 2. The van der Waals surface area contributed by atoms with Gasteiger partial charge >= 0.3 is 0 Å². The van der Waals surface area contributed by atoms with Gasteiger partial charge < -0.3 is 0 Å². The molecule has 0 amide bonds. The Kier molecular flexibility index (Phi) is 3.45. The zero-order chi connectivity index (χ0) is 15.1. The minimum absolute atomic E-state index is 0.287. The number of alkyl halides is 1. The summed E-state index contributed by atoms with van der Waals surface area (Å²) in [5, 5.41) is 4.16. The van der Waals surface area contributed by atoms with Crippen molar-refractivity contribution in [3.63, 3.8) is 0 Å². The van der Waals surface area contributed by atoms with Gasteiger partial charge in [0.2, 0.25) is 0 Å². The molecule has 0 aliphatic heterocycles. The maximum atomic E-state index is 13.6. The predicted molar refractivity (Wildman–Crippen MR) is 81.4 cm³/mol. The zero-order valence-electron chi connectivity index (χ0n) is 12.1. The standard InChI is InChI=1S/C15H16ClFN4/c1-4-11-14(8-20(3)19-11)21-13-7-10(17)5-6-12(13)18-15(21)9(2)16/h5-9H,4H2,1-3H3. The fraction of sp³-hybridized carbons (Fsp3) is 0.333. The summed E-state index contributed by atoms with van der Waals surface area (Å²) in [5.74, 6) is 0.402. The van der Waals surface area contributed by atoms with E-state index >= 15 is 0 Å². The van der Waals surface area contributed by atoms with Crippen LogP contribution in [0.2, 0.25) is 0 Å². The number of aromatic nitrogens is 4. The van der Waals surface area contributed by atoms with Crippen LogP contribution in [-0.2, 0) is 13.5 Å². The number of fused-ring (bicyclic) bond motifs is 1. The molecule has 0 saturated heterocycles. The van der Waals surface area contributed by atoms with Gasteiger partial charge in [0.25, 0.3) is 0 Å². The Morgan fingerprint density at radius 1 is 1.38 bits per heavy atom. The van der Waals surface area contributed by atoms with E-state index in [0.717, 1.165) is 23.3 Å². The van der Waals surface area contributed by atoms with Crippen LogP contribution in [0.3, 0.4) is 0 Å². The van der Waals surface area contributed by atoms with Crippen LogP contribution >= 0.6 is 11.6 Å². The summed E-state index contributed by atoms with van der Waals surface area (Å²) in [7, 11) is 1.87. The molecule has 0 bridgehead atoms. The average Bonchev–Trinajstić information content (AvgIpc) is 2.98. The van der Waals surface area contributed by atoms with E-state index in [-0.39, 0.29) is 11.2 Å². The highest BCUT2D eigenvalue weighted by molar-refractivity contribution is 6.20. The van der Waals surface area contributed by atoms with Gasteiger partial charge in [-0.3, -0.25) is 9.25 Å². The smallest absolute Gasteiger partial charge is 0.132 e. The number of aryl methyl sites for hydroxylation is 2. The van der Waals surface area contributed by atoms with Crippen molar-refractivity contribution in [2.75, 3.05) is 0 Å². The van der Waals surface area contributed by atoms with E-state index in [1.165, 1.54) is 12.1 Å². The maximum absolute atomic E-state index is 13.6. The van der Waals surface area contributed by atoms with Crippen molar-refractivity contribution in [1.82, 2.24) is 19.3 Å². The first-order valence-electron chi connectivity index (χ1n) is 6.86. The van der Waals surface area contributed by atoms with Gasteiger partial charge in [-0.2, -0.15) is 5.10 Å². The van der Waals surface area contributed by atoms with Crippen LogP contribution in [0.4, 0.5) is 4.39 Å². The van der Waals surface area contributed by atoms with E-state index in [1.807, 2.05) is 31.7 Å². The van der Waals surface area contributed by atoms with Gasteiger partial charge in [-0.1, -0.05) is 6.92 Å². The Balaban J connectivity index is 2.38. The molecule has 6 heteroatoms. The van der Waals surface area contributed by atoms with Gasteiger partial charge in [-0.15, -0.1) is 11.6 Å². The molecule has 0 N–H and O–H groups in total. The highest BCUT2D eigenvalue weighted by Gasteiger charge is 2.20. The Bertz CT molecular complexity index is 803. The maximum Gasteiger partial charge on any atom is 0.132 e. The van der Waals surface area contributed by atoms with Crippen LogP contribution < -0.4 is 0 Å². The van der Waals surface area contributed by atoms with E-state index in [4.69, 9.17) is 11.6 Å². The molecule has 3 rings (SSSR count). The van der Waals surface area contributed by atoms with Gasteiger partial charge in [0.1, 0.15) is 11.6 Å². The van der Waals surface area contributed by atoms with Crippen LogP contribution in [0.5, 0.6) is 0 Å². The third-order valence-electron chi connectivity index (χ3n) is 3.46. The molecule has 0 spiro atoms.